The number of rotatable bonds is 8. The Morgan fingerprint density at radius 2 is 1.64 bits per heavy atom. The van der Waals surface area contributed by atoms with Gasteiger partial charge in [-0.1, -0.05) is 36.4 Å². The Bertz CT molecular complexity index is 1190. The molecule has 3 aromatic rings. The van der Waals surface area contributed by atoms with Crippen molar-refractivity contribution in [2.45, 2.75) is 13.5 Å². The second-order valence-corrected chi connectivity index (χ2v) is 7.59. The summed E-state index contributed by atoms with van der Waals surface area (Å²) in [5, 5.41) is 3.37. The van der Waals surface area contributed by atoms with Crippen LogP contribution in [0.4, 0.5) is 5.69 Å². The van der Waals surface area contributed by atoms with Crippen molar-refractivity contribution in [2.24, 2.45) is 0 Å². The Morgan fingerprint density at radius 1 is 0.939 bits per heavy atom. The zero-order valence-electron chi connectivity index (χ0n) is 18.4. The molecule has 1 fully saturated rings. The number of thiocarbonyl (C=S) groups is 1. The van der Waals surface area contributed by atoms with Gasteiger partial charge in [-0.3, -0.25) is 9.69 Å². The highest BCUT2D eigenvalue weighted by atomic mass is 32.1. The number of anilines is 1. The van der Waals surface area contributed by atoms with Gasteiger partial charge >= 0.3 is 0 Å². The third kappa shape index (κ3) is 4.99. The van der Waals surface area contributed by atoms with Crippen molar-refractivity contribution in [3.8, 4) is 17.2 Å². The quantitative estimate of drug-likeness (QED) is 0.380. The van der Waals surface area contributed by atoms with Crippen LogP contribution < -0.4 is 24.4 Å². The van der Waals surface area contributed by atoms with Gasteiger partial charge in [0.05, 0.1) is 19.4 Å². The monoisotopic (exact) mass is 460 g/mol. The van der Waals surface area contributed by atoms with Gasteiger partial charge in [0.15, 0.2) is 16.6 Å². The third-order valence-corrected chi connectivity index (χ3v) is 5.32. The molecule has 33 heavy (non-hydrogen) atoms. The predicted octanol–water partition coefficient (Wildman–Crippen LogP) is 4.94. The zero-order valence-corrected chi connectivity index (χ0v) is 19.2. The maximum absolute atomic E-state index is 13.0. The van der Waals surface area contributed by atoms with E-state index in [9.17, 15) is 4.79 Å². The molecule has 7 heteroatoms. The van der Waals surface area contributed by atoms with Gasteiger partial charge in [-0.05, 0) is 67.2 Å². The summed E-state index contributed by atoms with van der Waals surface area (Å²) in [6, 6.07) is 22.5. The minimum absolute atomic E-state index is 0.203. The molecular formula is C26H24N2O4S. The molecule has 1 amide bonds. The summed E-state index contributed by atoms with van der Waals surface area (Å²) in [5.74, 6) is 1.83. The number of benzene rings is 3. The maximum atomic E-state index is 13.0. The fraction of sp³-hybridized carbons (Fsp3) is 0.154. The van der Waals surface area contributed by atoms with Gasteiger partial charge < -0.3 is 19.5 Å². The van der Waals surface area contributed by atoms with Crippen molar-refractivity contribution in [1.82, 2.24) is 5.32 Å². The number of methoxy groups -OCH3 is 1. The Morgan fingerprint density at radius 3 is 2.33 bits per heavy atom. The lowest BCUT2D eigenvalue weighted by Gasteiger charge is -2.14. The van der Waals surface area contributed by atoms with Crippen LogP contribution in [-0.2, 0) is 11.4 Å². The lowest BCUT2D eigenvalue weighted by molar-refractivity contribution is -0.113. The van der Waals surface area contributed by atoms with E-state index in [1.54, 1.807) is 13.2 Å². The average Bonchev–Trinajstić information content (AvgIpc) is 3.12. The van der Waals surface area contributed by atoms with Crippen LogP contribution in [0.1, 0.15) is 18.1 Å². The highest BCUT2D eigenvalue weighted by Gasteiger charge is 2.31. The van der Waals surface area contributed by atoms with Gasteiger partial charge in [0.1, 0.15) is 18.1 Å². The number of carbonyl (C=O) groups excluding carboxylic acids is 1. The Balaban J connectivity index is 1.56. The zero-order chi connectivity index (χ0) is 23.2. The highest BCUT2D eigenvalue weighted by molar-refractivity contribution is 7.80. The summed E-state index contributed by atoms with van der Waals surface area (Å²) in [6.45, 7) is 2.76. The molecule has 4 rings (SSSR count). The summed E-state index contributed by atoms with van der Waals surface area (Å²) < 4.78 is 17.2. The molecule has 3 aromatic carbocycles. The third-order valence-electron chi connectivity index (χ3n) is 5.04. The number of carbonyl (C=O) groups is 1. The maximum Gasteiger partial charge on any atom is 0.281 e. The van der Waals surface area contributed by atoms with E-state index in [4.69, 9.17) is 26.4 Å². The Kier molecular flexibility index (Phi) is 6.90. The number of hydrogen-bond acceptors (Lipinski definition) is 5. The Hall–Kier alpha value is -3.84. The number of hydrogen-bond donors (Lipinski definition) is 1. The first kappa shape index (κ1) is 22.4. The molecule has 1 aliphatic rings. The van der Waals surface area contributed by atoms with Crippen molar-refractivity contribution in [3.63, 3.8) is 0 Å². The molecule has 1 N–H and O–H groups in total. The van der Waals surface area contributed by atoms with Crippen LogP contribution in [0.2, 0.25) is 0 Å². The molecule has 0 aliphatic carbocycles. The van der Waals surface area contributed by atoms with Crippen LogP contribution in [0.25, 0.3) is 6.08 Å². The predicted molar refractivity (Wildman–Crippen MR) is 133 cm³/mol. The first-order valence-corrected chi connectivity index (χ1v) is 10.9. The van der Waals surface area contributed by atoms with Gasteiger partial charge in [-0.25, -0.2) is 0 Å². The van der Waals surface area contributed by atoms with E-state index in [0.29, 0.717) is 34.7 Å². The average molecular weight is 461 g/mol. The minimum atomic E-state index is -0.203. The lowest BCUT2D eigenvalue weighted by Crippen LogP contribution is -2.30. The normalized spacial score (nSPS) is 14.4. The molecule has 0 unspecified atom stereocenters. The molecule has 0 radical (unpaired) electrons. The molecule has 6 nitrogen and oxygen atoms in total. The second-order valence-electron chi connectivity index (χ2n) is 7.20. The first-order chi connectivity index (χ1) is 16.1. The standard InChI is InChI=1S/C26H24N2O4S/c1-3-31-23-11-7-8-12-24(23)32-17-19-15-18(13-14-22(19)30-2)16-21-25(29)28(26(33)27-21)20-9-5-4-6-10-20/h4-16H,3,17H2,1-2H3,(H,27,33)/b21-16+. The van der Waals surface area contributed by atoms with E-state index in [-0.39, 0.29) is 12.5 Å². The topological polar surface area (TPSA) is 60.0 Å². The smallest absolute Gasteiger partial charge is 0.281 e. The minimum Gasteiger partial charge on any atom is -0.496 e. The first-order valence-electron chi connectivity index (χ1n) is 10.5. The van der Waals surface area contributed by atoms with E-state index in [1.165, 1.54) is 4.90 Å². The van der Waals surface area contributed by atoms with E-state index >= 15 is 0 Å². The molecule has 0 saturated carbocycles. The van der Waals surface area contributed by atoms with Crippen molar-refractivity contribution < 1.29 is 19.0 Å². The van der Waals surface area contributed by atoms with Gasteiger partial charge in [0, 0.05) is 5.56 Å². The lowest BCUT2D eigenvalue weighted by atomic mass is 10.1. The number of amides is 1. The summed E-state index contributed by atoms with van der Waals surface area (Å²) in [6.07, 6.45) is 1.77. The van der Waals surface area contributed by atoms with Crippen LogP contribution in [0.15, 0.2) is 78.5 Å². The molecule has 0 aromatic heterocycles. The molecule has 168 valence electrons. The molecule has 1 heterocycles. The van der Waals surface area contributed by atoms with Crippen molar-refractivity contribution in [3.05, 3.63) is 89.6 Å². The second kappa shape index (κ2) is 10.2. The summed E-state index contributed by atoms with van der Waals surface area (Å²) in [5.41, 5.74) is 2.79. The number of nitrogens with zero attached hydrogens (tertiary/aromatic N) is 1. The number of para-hydroxylation sites is 3. The van der Waals surface area contributed by atoms with Crippen molar-refractivity contribution >= 4 is 35.0 Å². The van der Waals surface area contributed by atoms with Crippen LogP contribution in [-0.4, -0.2) is 24.7 Å². The largest absolute Gasteiger partial charge is 0.496 e. The van der Waals surface area contributed by atoms with Gasteiger partial charge in [0.2, 0.25) is 0 Å². The molecule has 0 spiro atoms. The van der Waals surface area contributed by atoms with Crippen molar-refractivity contribution in [2.75, 3.05) is 18.6 Å². The summed E-state index contributed by atoms with van der Waals surface area (Å²) in [4.78, 5) is 14.5. The van der Waals surface area contributed by atoms with Crippen LogP contribution in [0.5, 0.6) is 17.2 Å². The van der Waals surface area contributed by atoms with Crippen LogP contribution >= 0.6 is 12.2 Å². The molecular weight excluding hydrogens is 436 g/mol. The van der Waals surface area contributed by atoms with Crippen LogP contribution in [0.3, 0.4) is 0 Å². The van der Waals surface area contributed by atoms with Gasteiger partial charge in [-0.15, -0.1) is 0 Å². The van der Waals surface area contributed by atoms with E-state index in [1.807, 2.05) is 79.7 Å². The number of nitrogens with one attached hydrogen (secondary N) is 1. The van der Waals surface area contributed by atoms with E-state index in [2.05, 4.69) is 5.32 Å². The SMILES string of the molecule is CCOc1ccccc1OCc1cc(/C=C2/NC(=S)N(c3ccccc3)C2=O)ccc1OC. The molecule has 0 bridgehead atoms. The number of ether oxygens (including phenoxy) is 3. The Labute approximate surface area is 198 Å². The van der Waals surface area contributed by atoms with E-state index < -0.39 is 0 Å². The molecule has 1 aliphatic heterocycles. The van der Waals surface area contributed by atoms with Crippen molar-refractivity contribution in [1.29, 1.82) is 0 Å². The summed E-state index contributed by atoms with van der Waals surface area (Å²) >= 11 is 5.39. The molecule has 1 saturated heterocycles. The van der Waals surface area contributed by atoms with E-state index in [0.717, 1.165) is 16.8 Å². The fourth-order valence-corrected chi connectivity index (χ4v) is 3.81. The van der Waals surface area contributed by atoms with Gasteiger partial charge in [0.25, 0.3) is 5.91 Å². The highest BCUT2D eigenvalue weighted by Crippen LogP contribution is 2.30. The van der Waals surface area contributed by atoms with Crippen LogP contribution in [0, 0.1) is 0 Å². The van der Waals surface area contributed by atoms with Gasteiger partial charge in [-0.2, -0.15) is 0 Å². The fourth-order valence-electron chi connectivity index (χ4n) is 3.51. The molecule has 0 atom stereocenters. The summed E-state index contributed by atoms with van der Waals surface area (Å²) in [7, 11) is 1.61.